The van der Waals surface area contributed by atoms with E-state index in [9.17, 15) is 0 Å². The Morgan fingerprint density at radius 2 is 1.25 bits per heavy atom. The minimum Gasteiger partial charge on any atom is -0.379 e. The van der Waals surface area contributed by atoms with Crippen molar-refractivity contribution in [2.45, 2.75) is 46.5 Å². The second-order valence-corrected chi connectivity index (χ2v) is 4.91. The molecule has 0 aromatic rings. The molecule has 0 bridgehead atoms. The van der Waals surface area contributed by atoms with Gasteiger partial charge in [0.2, 0.25) is 0 Å². The Morgan fingerprint density at radius 1 is 0.700 bits per heavy atom. The van der Waals surface area contributed by atoms with Crippen molar-refractivity contribution in [2.75, 3.05) is 52.9 Å². The molecule has 0 radical (unpaired) electrons. The SMILES string of the molecule is CCCCC(CC)COCCOCCOCCOCC. The molecule has 0 N–H and O–H groups in total. The molecule has 0 aromatic carbocycles. The number of rotatable bonds is 16. The zero-order chi connectivity index (χ0) is 14.9. The zero-order valence-corrected chi connectivity index (χ0v) is 13.7. The van der Waals surface area contributed by atoms with Gasteiger partial charge >= 0.3 is 0 Å². The second-order valence-electron chi connectivity index (χ2n) is 4.91. The van der Waals surface area contributed by atoms with Gasteiger partial charge in [-0.1, -0.05) is 33.1 Å². The highest BCUT2D eigenvalue weighted by atomic mass is 16.6. The van der Waals surface area contributed by atoms with Crippen LogP contribution in [0.4, 0.5) is 0 Å². The van der Waals surface area contributed by atoms with Crippen molar-refractivity contribution in [2.24, 2.45) is 5.92 Å². The third-order valence-corrected chi connectivity index (χ3v) is 3.22. The topological polar surface area (TPSA) is 36.9 Å². The van der Waals surface area contributed by atoms with Gasteiger partial charge in [0.15, 0.2) is 0 Å². The molecule has 0 amide bonds. The molecule has 0 saturated heterocycles. The summed E-state index contributed by atoms with van der Waals surface area (Å²) >= 11 is 0. The highest BCUT2D eigenvalue weighted by Gasteiger charge is 2.05. The monoisotopic (exact) mass is 290 g/mol. The predicted octanol–water partition coefficient (Wildman–Crippen LogP) is 3.29. The lowest BCUT2D eigenvalue weighted by atomic mass is 10.0. The van der Waals surface area contributed by atoms with Crippen LogP contribution in [0.25, 0.3) is 0 Å². The molecule has 0 aliphatic rings. The van der Waals surface area contributed by atoms with E-state index in [4.69, 9.17) is 18.9 Å². The van der Waals surface area contributed by atoms with E-state index in [0.717, 1.165) is 13.2 Å². The average Bonchev–Trinajstić information content (AvgIpc) is 2.48. The maximum atomic E-state index is 5.66. The van der Waals surface area contributed by atoms with Crippen LogP contribution < -0.4 is 0 Å². The Labute approximate surface area is 125 Å². The predicted molar refractivity (Wildman–Crippen MR) is 82.3 cm³/mol. The van der Waals surface area contributed by atoms with Crippen LogP contribution in [-0.2, 0) is 18.9 Å². The minimum absolute atomic E-state index is 0.626. The molecule has 0 fully saturated rings. The van der Waals surface area contributed by atoms with Gasteiger partial charge in [0, 0.05) is 13.2 Å². The molecular formula is C16H34O4. The second kappa shape index (κ2) is 16.9. The molecular weight excluding hydrogens is 256 g/mol. The highest BCUT2D eigenvalue weighted by molar-refractivity contribution is 4.55. The smallest absolute Gasteiger partial charge is 0.0701 e. The van der Waals surface area contributed by atoms with Crippen LogP contribution in [0, 0.1) is 5.92 Å². The van der Waals surface area contributed by atoms with Gasteiger partial charge in [-0.25, -0.2) is 0 Å². The van der Waals surface area contributed by atoms with Crippen molar-refractivity contribution in [3.8, 4) is 0 Å². The first-order valence-electron chi connectivity index (χ1n) is 8.16. The maximum absolute atomic E-state index is 5.66. The maximum Gasteiger partial charge on any atom is 0.0701 e. The summed E-state index contributed by atoms with van der Waals surface area (Å²) < 4.78 is 21.6. The summed E-state index contributed by atoms with van der Waals surface area (Å²) in [6.07, 6.45) is 5.05. The van der Waals surface area contributed by atoms with E-state index in [1.807, 2.05) is 6.92 Å². The summed E-state index contributed by atoms with van der Waals surface area (Å²) in [5.74, 6) is 0.705. The van der Waals surface area contributed by atoms with Crippen LogP contribution >= 0.6 is 0 Å². The molecule has 0 aliphatic carbocycles. The van der Waals surface area contributed by atoms with Crippen LogP contribution in [0.3, 0.4) is 0 Å². The number of hydrogen-bond acceptors (Lipinski definition) is 4. The third-order valence-electron chi connectivity index (χ3n) is 3.22. The van der Waals surface area contributed by atoms with Crippen LogP contribution in [0.2, 0.25) is 0 Å². The lowest BCUT2D eigenvalue weighted by Crippen LogP contribution is -2.14. The van der Waals surface area contributed by atoms with Crippen molar-refractivity contribution in [1.29, 1.82) is 0 Å². The van der Waals surface area contributed by atoms with Gasteiger partial charge in [0.1, 0.15) is 0 Å². The Bertz CT molecular complexity index is 176. The van der Waals surface area contributed by atoms with Crippen LogP contribution in [-0.4, -0.2) is 52.9 Å². The summed E-state index contributed by atoms with van der Waals surface area (Å²) in [6, 6.07) is 0. The van der Waals surface area contributed by atoms with Gasteiger partial charge in [-0.15, -0.1) is 0 Å². The van der Waals surface area contributed by atoms with Crippen molar-refractivity contribution >= 4 is 0 Å². The van der Waals surface area contributed by atoms with E-state index in [-0.39, 0.29) is 0 Å². The van der Waals surface area contributed by atoms with E-state index >= 15 is 0 Å². The first kappa shape index (κ1) is 19.8. The van der Waals surface area contributed by atoms with Gasteiger partial charge in [0.05, 0.1) is 39.6 Å². The number of unbranched alkanes of at least 4 members (excludes halogenated alkanes) is 1. The van der Waals surface area contributed by atoms with Gasteiger partial charge < -0.3 is 18.9 Å². The number of hydrogen-bond donors (Lipinski definition) is 0. The van der Waals surface area contributed by atoms with Crippen molar-refractivity contribution in [3.63, 3.8) is 0 Å². The Kier molecular flexibility index (Phi) is 16.8. The summed E-state index contributed by atoms with van der Waals surface area (Å²) in [5, 5.41) is 0. The van der Waals surface area contributed by atoms with E-state index in [0.29, 0.717) is 45.6 Å². The van der Waals surface area contributed by atoms with Crippen LogP contribution in [0.1, 0.15) is 46.5 Å². The van der Waals surface area contributed by atoms with E-state index in [1.165, 1.54) is 25.7 Å². The van der Waals surface area contributed by atoms with Gasteiger partial charge in [-0.05, 0) is 19.3 Å². The first-order valence-corrected chi connectivity index (χ1v) is 8.16. The first-order chi connectivity index (χ1) is 9.85. The molecule has 0 saturated carbocycles. The molecule has 1 atom stereocenters. The molecule has 0 rings (SSSR count). The fraction of sp³-hybridized carbons (Fsp3) is 1.00. The minimum atomic E-state index is 0.626. The molecule has 0 spiro atoms. The fourth-order valence-electron chi connectivity index (χ4n) is 1.85. The summed E-state index contributed by atoms with van der Waals surface area (Å²) in [4.78, 5) is 0. The Hall–Kier alpha value is -0.160. The molecule has 122 valence electrons. The van der Waals surface area contributed by atoms with Crippen molar-refractivity contribution in [3.05, 3.63) is 0 Å². The number of ether oxygens (including phenoxy) is 4. The van der Waals surface area contributed by atoms with Crippen molar-refractivity contribution in [1.82, 2.24) is 0 Å². The standard InChI is InChI=1S/C16H34O4/c1-4-7-8-16(5-2)15-20-14-13-19-12-11-18-10-9-17-6-3/h16H,4-15H2,1-3H3. The van der Waals surface area contributed by atoms with Crippen molar-refractivity contribution < 1.29 is 18.9 Å². The largest absolute Gasteiger partial charge is 0.379 e. The molecule has 0 aliphatic heterocycles. The van der Waals surface area contributed by atoms with Gasteiger partial charge in [0.25, 0.3) is 0 Å². The quantitative estimate of drug-likeness (QED) is 0.409. The molecule has 0 heterocycles. The Balaban J connectivity index is 3.15. The summed E-state index contributed by atoms with van der Waals surface area (Å²) in [7, 11) is 0. The average molecular weight is 290 g/mol. The molecule has 0 aromatic heterocycles. The third kappa shape index (κ3) is 14.3. The fourth-order valence-corrected chi connectivity index (χ4v) is 1.85. The molecule has 1 unspecified atom stereocenters. The molecule has 4 heteroatoms. The zero-order valence-electron chi connectivity index (χ0n) is 13.7. The van der Waals surface area contributed by atoms with Crippen LogP contribution in [0.5, 0.6) is 0 Å². The highest BCUT2D eigenvalue weighted by Crippen LogP contribution is 2.12. The lowest BCUT2D eigenvalue weighted by molar-refractivity contribution is -0.00546. The van der Waals surface area contributed by atoms with Gasteiger partial charge in [-0.3, -0.25) is 0 Å². The van der Waals surface area contributed by atoms with E-state index in [2.05, 4.69) is 13.8 Å². The summed E-state index contributed by atoms with van der Waals surface area (Å²) in [5.41, 5.74) is 0. The molecule has 20 heavy (non-hydrogen) atoms. The molecule has 4 nitrogen and oxygen atoms in total. The van der Waals surface area contributed by atoms with E-state index < -0.39 is 0 Å². The Morgan fingerprint density at radius 3 is 1.75 bits per heavy atom. The van der Waals surface area contributed by atoms with E-state index in [1.54, 1.807) is 0 Å². The van der Waals surface area contributed by atoms with Gasteiger partial charge in [-0.2, -0.15) is 0 Å². The lowest BCUT2D eigenvalue weighted by Gasteiger charge is -2.14. The summed E-state index contributed by atoms with van der Waals surface area (Å²) in [6.45, 7) is 12.0. The normalized spacial score (nSPS) is 12.8. The van der Waals surface area contributed by atoms with Crippen LogP contribution in [0.15, 0.2) is 0 Å².